The molecule has 0 radical (unpaired) electrons. The maximum Gasteiger partial charge on any atom is 0.165 e. The molecular weight excluding hydrogens is 467 g/mol. The fourth-order valence-corrected chi connectivity index (χ4v) is 6.45. The van der Waals surface area contributed by atoms with E-state index in [1.165, 1.54) is 12.1 Å². The predicted octanol–water partition coefficient (Wildman–Crippen LogP) is 5.88. The minimum Gasteiger partial charge on any atom is -0.515 e. The number of nitrogens with one attached hydrogen (secondary N) is 1. The van der Waals surface area contributed by atoms with Gasteiger partial charge in [0.05, 0.1) is 23.3 Å². The van der Waals surface area contributed by atoms with Crippen LogP contribution in [0.2, 0.25) is 0 Å². The fraction of sp³-hybridized carbons (Fsp3) is 0.267. The molecule has 1 fully saturated rings. The number of aromatic amines is 1. The molecule has 1 saturated carbocycles. The van der Waals surface area contributed by atoms with E-state index >= 15 is 0 Å². The molecule has 0 spiro atoms. The van der Waals surface area contributed by atoms with E-state index < -0.39 is 5.41 Å². The number of hydrogen-bond donors (Lipinski definition) is 2. The monoisotopic (exact) mass is 494 g/mol. The highest BCUT2D eigenvalue weighted by molar-refractivity contribution is 5.98. The first-order valence-corrected chi connectivity index (χ1v) is 12.5. The molecule has 2 aromatic heterocycles. The number of aliphatic hydroxyl groups excluding tert-OH is 1. The van der Waals surface area contributed by atoms with Crippen LogP contribution in [0.25, 0.3) is 22.5 Å². The maximum absolute atomic E-state index is 14.0. The van der Waals surface area contributed by atoms with Crippen molar-refractivity contribution in [3.63, 3.8) is 0 Å². The highest BCUT2D eigenvalue weighted by Gasteiger charge is 2.55. The summed E-state index contributed by atoms with van der Waals surface area (Å²) in [6.07, 6.45) is 4.48. The number of carbonyl (C=O) groups excluding carboxylic acids is 1. The quantitative estimate of drug-likeness (QED) is 0.274. The summed E-state index contributed by atoms with van der Waals surface area (Å²) in [6.45, 7) is 3.81. The molecule has 6 nitrogen and oxygen atoms in total. The van der Waals surface area contributed by atoms with Gasteiger partial charge in [-0.25, -0.2) is 14.4 Å². The molecule has 4 aromatic rings. The first-order chi connectivity index (χ1) is 17.9. The zero-order valence-electron chi connectivity index (χ0n) is 20.7. The third kappa shape index (κ3) is 3.60. The highest BCUT2D eigenvalue weighted by Crippen LogP contribution is 2.56. The maximum atomic E-state index is 14.0. The summed E-state index contributed by atoms with van der Waals surface area (Å²) in [5.41, 5.74) is 6.33. The van der Waals surface area contributed by atoms with Gasteiger partial charge in [-0.05, 0) is 61.4 Å². The molecule has 37 heavy (non-hydrogen) atoms. The number of aromatic nitrogens is 4. The Kier molecular flexibility index (Phi) is 5.51. The molecule has 2 aliphatic rings. The summed E-state index contributed by atoms with van der Waals surface area (Å²) in [7, 11) is 0. The van der Waals surface area contributed by atoms with Crippen LogP contribution in [0.3, 0.4) is 0 Å². The SMILES string of the molecule is Cc1nc(-c2ccc(-c3ccn[nH]3)cc2)c2c(n1)[C@@]1(c3ccc(F)cc3)CC(=CO)C(=O)[C@@H](C)[C@@H]1CC2. The number of rotatable bonds is 3. The molecule has 186 valence electrons. The third-order valence-corrected chi connectivity index (χ3v) is 8.17. The van der Waals surface area contributed by atoms with Crippen molar-refractivity contribution in [3.8, 4) is 22.5 Å². The second kappa shape index (κ2) is 8.76. The summed E-state index contributed by atoms with van der Waals surface area (Å²) in [5.74, 6) is -0.0615. The number of allylic oxidation sites excluding steroid dienone is 1. The molecule has 0 amide bonds. The van der Waals surface area contributed by atoms with Gasteiger partial charge in [-0.3, -0.25) is 9.89 Å². The zero-order chi connectivity index (χ0) is 25.7. The van der Waals surface area contributed by atoms with Crippen molar-refractivity contribution in [3.05, 3.63) is 101 Å². The van der Waals surface area contributed by atoms with Gasteiger partial charge in [0.1, 0.15) is 11.6 Å². The summed E-state index contributed by atoms with van der Waals surface area (Å²) >= 11 is 0. The molecule has 3 atom stereocenters. The Morgan fingerprint density at radius 1 is 1.05 bits per heavy atom. The largest absolute Gasteiger partial charge is 0.515 e. The minimum absolute atomic E-state index is 0.0333. The van der Waals surface area contributed by atoms with E-state index in [4.69, 9.17) is 9.97 Å². The van der Waals surface area contributed by atoms with E-state index in [1.54, 1.807) is 18.3 Å². The van der Waals surface area contributed by atoms with Gasteiger partial charge in [0.15, 0.2) is 5.78 Å². The summed E-state index contributed by atoms with van der Waals surface area (Å²) < 4.78 is 14.0. The number of Topliss-reactive ketones (excluding diaryl/α,β-unsaturated/α-hetero) is 1. The lowest BCUT2D eigenvalue weighted by Gasteiger charge is -2.51. The van der Waals surface area contributed by atoms with Crippen molar-refractivity contribution in [2.75, 3.05) is 0 Å². The van der Waals surface area contributed by atoms with Gasteiger partial charge in [0.25, 0.3) is 0 Å². The predicted molar refractivity (Wildman–Crippen MR) is 138 cm³/mol. The summed E-state index contributed by atoms with van der Waals surface area (Å²) in [4.78, 5) is 23.0. The first-order valence-electron chi connectivity index (χ1n) is 12.5. The van der Waals surface area contributed by atoms with Crippen LogP contribution in [0.15, 0.2) is 72.6 Å². The van der Waals surface area contributed by atoms with E-state index in [9.17, 15) is 14.3 Å². The Bertz CT molecular complexity index is 1510. The van der Waals surface area contributed by atoms with Gasteiger partial charge in [0.2, 0.25) is 0 Å². The standard InChI is InChI=1S/C30H27FN4O2/c1-17-25-12-11-24-27(20-5-3-19(4-6-20)26-13-14-32-35-26)33-18(2)34-29(24)30(25,15-21(16-36)28(17)37)22-7-9-23(31)10-8-22/h3-10,13-14,16-17,25,36H,11-12,15H2,1-2H3,(H,32,35)/t17-,25-,30+/m0/s1. The van der Waals surface area contributed by atoms with Gasteiger partial charge in [-0.2, -0.15) is 5.10 Å². The normalized spacial score (nSPS) is 24.1. The number of ketones is 1. The molecule has 6 rings (SSSR count). The number of carbonyl (C=O) groups is 1. The van der Waals surface area contributed by atoms with Crippen molar-refractivity contribution in [2.24, 2.45) is 11.8 Å². The lowest BCUT2D eigenvalue weighted by atomic mass is 9.52. The number of fused-ring (bicyclic) bond motifs is 3. The Balaban J connectivity index is 1.57. The molecule has 0 aliphatic heterocycles. The van der Waals surface area contributed by atoms with Gasteiger partial charge in [-0.15, -0.1) is 0 Å². The number of halogens is 1. The first kappa shape index (κ1) is 23.3. The van der Waals surface area contributed by atoms with Crippen LogP contribution in [-0.2, 0) is 16.6 Å². The molecule has 0 unspecified atom stereocenters. The zero-order valence-corrected chi connectivity index (χ0v) is 20.7. The molecular formula is C30H27FN4O2. The van der Waals surface area contributed by atoms with Crippen LogP contribution in [0.5, 0.6) is 0 Å². The van der Waals surface area contributed by atoms with Crippen molar-refractivity contribution in [1.82, 2.24) is 20.2 Å². The van der Waals surface area contributed by atoms with Gasteiger partial charge in [-0.1, -0.05) is 43.3 Å². The minimum atomic E-state index is -0.679. The lowest BCUT2D eigenvalue weighted by molar-refractivity contribution is -0.123. The second-order valence-corrected chi connectivity index (χ2v) is 10.1. The van der Waals surface area contributed by atoms with Crippen molar-refractivity contribution < 1.29 is 14.3 Å². The number of H-pyrrole nitrogens is 1. The smallest absolute Gasteiger partial charge is 0.165 e. The van der Waals surface area contributed by atoms with E-state index in [0.29, 0.717) is 17.8 Å². The van der Waals surface area contributed by atoms with Gasteiger partial charge in [0, 0.05) is 34.2 Å². The Labute approximate surface area is 214 Å². The van der Waals surface area contributed by atoms with Crippen LogP contribution in [0, 0.1) is 24.6 Å². The average Bonchev–Trinajstić information content (AvgIpc) is 3.46. The van der Waals surface area contributed by atoms with E-state index in [-0.39, 0.29) is 23.4 Å². The summed E-state index contributed by atoms with van der Waals surface area (Å²) in [6, 6.07) is 16.6. The number of aliphatic hydroxyl groups is 1. The van der Waals surface area contributed by atoms with Crippen LogP contribution in [0.1, 0.15) is 42.4 Å². The molecule has 2 heterocycles. The second-order valence-electron chi connectivity index (χ2n) is 10.1. The topological polar surface area (TPSA) is 91.8 Å². The van der Waals surface area contributed by atoms with Crippen molar-refractivity contribution in [1.29, 1.82) is 0 Å². The lowest BCUT2D eigenvalue weighted by Crippen LogP contribution is -2.51. The number of hydrogen-bond acceptors (Lipinski definition) is 5. The number of benzene rings is 2. The molecule has 0 bridgehead atoms. The van der Waals surface area contributed by atoms with Gasteiger partial charge < -0.3 is 5.11 Å². The van der Waals surface area contributed by atoms with Crippen LogP contribution < -0.4 is 0 Å². The fourth-order valence-electron chi connectivity index (χ4n) is 6.45. The van der Waals surface area contributed by atoms with Crippen LogP contribution in [-0.4, -0.2) is 31.1 Å². The van der Waals surface area contributed by atoms with E-state index in [0.717, 1.165) is 58.4 Å². The number of nitrogens with zero attached hydrogens (tertiary/aromatic N) is 3. The Hall–Kier alpha value is -4.13. The average molecular weight is 495 g/mol. The van der Waals surface area contributed by atoms with Crippen molar-refractivity contribution in [2.45, 2.75) is 38.5 Å². The number of aryl methyl sites for hydroxylation is 1. The molecule has 2 N–H and O–H groups in total. The molecule has 2 aromatic carbocycles. The van der Waals surface area contributed by atoms with Crippen LogP contribution in [0.4, 0.5) is 4.39 Å². The van der Waals surface area contributed by atoms with Crippen molar-refractivity contribution >= 4 is 5.78 Å². The Morgan fingerprint density at radius 2 is 1.78 bits per heavy atom. The molecule has 2 aliphatic carbocycles. The van der Waals surface area contributed by atoms with E-state index in [2.05, 4.69) is 22.3 Å². The summed E-state index contributed by atoms with van der Waals surface area (Å²) in [5, 5.41) is 17.1. The third-order valence-electron chi connectivity index (χ3n) is 8.17. The Morgan fingerprint density at radius 3 is 2.46 bits per heavy atom. The van der Waals surface area contributed by atoms with E-state index in [1.807, 2.05) is 32.0 Å². The molecule has 7 heteroatoms. The molecule has 0 saturated heterocycles. The van der Waals surface area contributed by atoms with Gasteiger partial charge >= 0.3 is 0 Å². The highest BCUT2D eigenvalue weighted by atomic mass is 19.1. The van der Waals surface area contributed by atoms with Crippen LogP contribution >= 0.6 is 0 Å².